The van der Waals surface area contributed by atoms with Crippen molar-refractivity contribution in [3.05, 3.63) is 18.2 Å². The molecular formula is C5H4F2N2O4S. The SMILES string of the molecule is O=C(c1ncc[nH]1)C(F)(F)S(=O)(=O)O. The molecule has 0 bridgehead atoms. The molecule has 0 saturated heterocycles. The molecule has 0 aromatic carbocycles. The van der Waals surface area contributed by atoms with Crippen LogP contribution < -0.4 is 0 Å². The summed E-state index contributed by atoms with van der Waals surface area (Å²) in [5.41, 5.74) is 0. The van der Waals surface area contributed by atoms with Crippen molar-refractivity contribution in [1.82, 2.24) is 9.97 Å². The summed E-state index contributed by atoms with van der Waals surface area (Å²) in [7, 11) is -5.77. The molecule has 9 heteroatoms. The second kappa shape index (κ2) is 3.10. The number of nitrogens with zero attached hydrogens (tertiary/aromatic N) is 1. The predicted octanol–water partition coefficient (Wildman–Crippen LogP) is 0.0730. The molecule has 1 aromatic heterocycles. The van der Waals surface area contributed by atoms with E-state index < -0.39 is 27.0 Å². The Kier molecular flexibility index (Phi) is 2.37. The summed E-state index contributed by atoms with van der Waals surface area (Å²) < 4.78 is 53.6. The van der Waals surface area contributed by atoms with Crippen LogP contribution in [0.3, 0.4) is 0 Å². The van der Waals surface area contributed by atoms with Crippen molar-refractivity contribution in [2.75, 3.05) is 0 Å². The van der Waals surface area contributed by atoms with Gasteiger partial charge in [-0.15, -0.1) is 0 Å². The molecule has 0 aliphatic rings. The fraction of sp³-hybridized carbons (Fsp3) is 0.200. The Hall–Kier alpha value is -1.35. The molecule has 1 aromatic rings. The van der Waals surface area contributed by atoms with Gasteiger partial charge in [0, 0.05) is 12.4 Å². The quantitative estimate of drug-likeness (QED) is 0.561. The summed E-state index contributed by atoms with van der Waals surface area (Å²) >= 11 is 0. The molecule has 14 heavy (non-hydrogen) atoms. The first-order valence-corrected chi connectivity index (χ1v) is 4.60. The molecule has 0 aliphatic heterocycles. The maximum absolute atomic E-state index is 12.6. The Balaban J connectivity index is 3.14. The molecule has 0 fully saturated rings. The number of ketones is 1. The number of alkyl halides is 2. The van der Waals surface area contributed by atoms with Gasteiger partial charge in [0.2, 0.25) is 0 Å². The van der Waals surface area contributed by atoms with Crippen LogP contribution in [-0.4, -0.2) is 34.0 Å². The molecule has 1 heterocycles. The van der Waals surface area contributed by atoms with Gasteiger partial charge >= 0.3 is 15.4 Å². The van der Waals surface area contributed by atoms with Gasteiger partial charge in [0.25, 0.3) is 5.78 Å². The average molecular weight is 226 g/mol. The minimum atomic E-state index is -5.77. The van der Waals surface area contributed by atoms with E-state index in [1.165, 1.54) is 0 Å². The number of imidazole rings is 1. The van der Waals surface area contributed by atoms with Gasteiger partial charge < -0.3 is 4.98 Å². The lowest BCUT2D eigenvalue weighted by Crippen LogP contribution is -2.38. The van der Waals surface area contributed by atoms with E-state index >= 15 is 0 Å². The van der Waals surface area contributed by atoms with Crippen LogP contribution in [0.25, 0.3) is 0 Å². The smallest absolute Gasteiger partial charge is 0.342 e. The highest BCUT2D eigenvalue weighted by Crippen LogP contribution is 2.24. The van der Waals surface area contributed by atoms with Crippen LogP contribution in [0, 0.1) is 0 Å². The maximum atomic E-state index is 12.6. The number of nitrogens with one attached hydrogen (secondary N) is 1. The van der Waals surface area contributed by atoms with E-state index in [-0.39, 0.29) is 0 Å². The third kappa shape index (κ3) is 1.63. The van der Waals surface area contributed by atoms with Crippen LogP contribution in [0.5, 0.6) is 0 Å². The van der Waals surface area contributed by atoms with Crippen molar-refractivity contribution in [3.63, 3.8) is 0 Å². The molecule has 78 valence electrons. The minimum absolute atomic E-state index is 0.840. The molecule has 0 atom stereocenters. The first-order valence-electron chi connectivity index (χ1n) is 3.16. The molecule has 0 amide bonds. The normalized spacial score (nSPS) is 12.8. The van der Waals surface area contributed by atoms with Crippen molar-refractivity contribution in [1.29, 1.82) is 0 Å². The number of carbonyl (C=O) groups is 1. The van der Waals surface area contributed by atoms with Crippen LogP contribution in [0.1, 0.15) is 10.6 Å². The van der Waals surface area contributed by atoms with Gasteiger partial charge in [0.1, 0.15) is 0 Å². The highest BCUT2D eigenvalue weighted by molar-refractivity contribution is 7.87. The fourth-order valence-electron chi connectivity index (χ4n) is 0.644. The van der Waals surface area contributed by atoms with Crippen LogP contribution in [0.4, 0.5) is 8.78 Å². The number of hydrogen-bond acceptors (Lipinski definition) is 4. The molecule has 0 radical (unpaired) electrons. The molecule has 2 N–H and O–H groups in total. The molecule has 0 aliphatic carbocycles. The van der Waals surface area contributed by atoms with E-state index in [0.717, 1.165) is 12.4 Å². The van der Waals surface area contributed by atoms with Crippen LogP contribution >= 0.6 is 0 Å². The number of carbonyl (C=O) groups excluding carboxylic acids is 1. The van der Waals surface area contributed by atoms with Gasteiger partial charge in [-0.3, -0.25) is 9.35 Å². The highest BCUT2D eigenvalue weighted by atomic mass is 32.2. The average Bonchev–Trinajstić information content (AvgIpc) is 2.52. The number of aromatic amines is 1. The Morgan fingerprint density at radius 2 is 2.14 bits per heavy atom. The van der Waals surface area contributed by atoms with Crippen LogP contribution in [0.2, 0.25) is 0 Å². The van der Waals surface area contributed by atoms with E-state index in [4.69, 9.17) is 4.55 Å². The first-order chi connectivity index (χ1) is 6.27. The number of rotatable bonds is 3. The number of halogens is 2. The summed E-state index contributed by atoms with van der Waals surface area (Å²) in [5.74, 6) is -2.95. The van der Waals surface area contributed by atoms with Gasteiger partial charge in [0.15, 0.2) is 5.82 Å². The first kappa shape index (κ1) is 10.7. The Morgan fingerprint density at radius 1 is 1.57 bits per heavy atom. The van der Waals surface area contributed by atoms with Crippen molar-refractivity contribution >= 4 is 15.9 Å². The molecular weight excluding hydrogens is 222 g/mol. The number of hydrogen-bond donors (Lipinski definition) is 2. The molecule has 1 rings (SSSR count). The predicted molar refractivity (Wildman–Crippen MR) is 39.4 cm³/mol. The van der Waals surface area contributed by atoms with E-state index in [1.54, 1.807) is 0 Å². The summed E-state index contributed by atoms with van der Waals surface area (Å²) in [6, 6.07) is 0. The van der Waals surface area contributed by atoms with E-state index in [0.29, 0.717) is 0 Å². The highest BCUT2D eigenvalue weighted by Gasteiger charge is 2.53. The lowest BCUT2D eigenvalue weighted by atomic mass is 10.4. The van der Waals surface area contributed by atoms with Gasteiger partial charge in [-0.1, -0.05) is 0 Å². The summed E-state index contributed by atoms with van der Waals surface area (Å²) in [4.78, 5) is 15.9. The zero-order chi connectivity index (χ0) is 11.0. The fourth-order valence-corrected chi connectivity index (χ4v) is 0.975. The van der Waals surface area contributed by atoms with Gasteiger partial charge in [-0.05, 0) is 0 Å². The van der Waals surface area contributed by atoms with Crippen LogP contribution in [0.15, 0.2) is 12.4 Å². The van der Waals surface area contributed by atoms with Gasteiger partial charge in [-0.25, -0.2) is 4.98 Å². The lowest BCUT2D eigenvalue weighted by Gasteiger charge is -2.08. The lowest BCUT2D eigenvalue weighted by molar-refractivity contribution is 0.0482. The minimum Gasteiger partial charge on any atom is -0.342 e. The van der Waals surface area contributed by atoms with E-state index in [9.17, 15) is 22.0 Å². The maximum Gasteiger partial charge on any atom is 0.434 e. The van der Waals surface area contributed by atoms with Gasteiger partial charge in [-0.2, -0.15) is 17.2 Å². The number of Topliss-reactive ketones (excluding diaryl/α,β-unsaturated/α-hetero) is 1. The topological polar surface area (TPSA) is 100 Å². The Labute approximate surface area is 76.7 Å². The van der Waals surface area contributed by atoms with Crippen LogP contribution in [-0.2, 0) is 10.1 Å². The molecule has 0 spiro atoms. The second-order valence-electron chi connectivity index (χ2n) is 2.26. The van der Waals surface area contributed by atoms with Crippen molar-refractivity contribution in [2.24, 2.45) is 0 Å². The van der Waals surface area contributed by atoms with Crippen molar-refractivity contribution in [2.45, 2.75) is 5.25 Å². The summed E-state index contributed by atoms with van der Waals surface area (Å²) in [5, 5.41) is -4.88. The van der Waals surface area contributed by atoms with Gasteiger partial charge in [0.05, 0.1) is 0 Å². The van der Waals surface area contributed by atoms with E-state index in [2.05, 4.69) is 4.98 Å². The molecule has 0 unspecified atom stereocenters. The van der Waals surface area contributed by atoms with Crippen molar-refractivity contribution < 1.29 is 26.5 Å². The summed E-state index contributed by atoms with van der Waals surface area (Å²) in [6.07, 6.45) is 2.06. The largest absolute Gasteiger partial charge is 0.434 e. The monoisotopic (exact) mass is 226 g/mol. The second-order valence-corrected chi connectivity index (χ2v) is 3.72. The third-order valence-electron chi connectivity index (χ3n) is 1.30. The zero-order valence-electron chi connectivity index (χ0n) is 6.44. The van der Waals surface area contributed by atoms with Crippen molar-refractivity contribution in [3.8, 4) is 0 Å². The molecule has 6 nitrogen and oxygen atoms in total. The Morgan fingerprint density at radius 3 is 2.50 bits per heavy atom. The number of H-pyrrole nitrogens is 1. The zero-order valence-corrected chi connectivity index (χ0v) is 7.25. The van der Waals surface area contributed by atoms with E-state index in [1.807, 2.05) is 4.98 Å². The molecule has 0 saturated carbocycles. The summed E-state index contributed by atoms with van der Waals surface area (Å²) in [6.45, 7) is 0. The Bertz CT molecular complexity index is 438. The third-order valence-corrected chi connectivity index (χ3v) is 2.13. The number of aromatic nitrogens is 2. The standard InChI is InChI=1S/C5H4F2N2O4S/c6-5(7,14(11,12)13)3(10)4-8-1-2-9-4/h1-2H,(H,8,9)(H,11,12,13).